The highest BCUT2D eigenvalue weighted by atomic mass is 16.4. The molecule has 1 saturated carbocycles. The quantitative estimate of drug-likeness (QED) is 0.534. The van der Waals surface area contributed by atoms with Gasteiger partial charge in [-0.1, -0.05) is 12.8 Å². The molecule has 2 saturated heterocycles. The van der Waals surface area contributed by atoms with Gasteiger partial charge < -0.3 is 20.0 Å². The summed E-state index contributed by atoms with van der Waals surface area (Å²) in [5.41, 5.74) is 1.01. The van der Waals surface area contributed by atoms with Gasteiger partial charge in [0, 0.05) is 38.8 Å². The number of aromatic nitrogens is 1. The maximum absolute atomic E-state index is 5.75. The predicted molar refractivity (Wildman–Crippen MR) is 125 cm³/mol. The number of aryl methyl sites for hydroxylation is 2. The molecule has 0 bridgehead atoms. The molecule has 3 heterocycles. The van der Waals surface area contributed by atoms with E-state index < -0.39 is 0 Å². The minimum atomic E-state index is 0.554. The van der Waals surface area contributed by atoms with Crippen molar-refractivity contribution in [3.8, 4) is 0 Å². The van der Waals surface area contributed by atoms with Crippen LogP contribution in [0.5, 0.6) is 0 Å². The number of piperidine rings is 2. The number of hydrogen-bond acceptors (Lipinski definition) is 5. The largest absolute Gasteiger partial charge is 0.444 e. The number of aliphatic imine (C=N–C) groups is 1. The van der Waals surface area contributed by atoms with E-state index in [0.717, 1.165) is 55.5 Å². The Hall–Kier alpha value is -1.60. The predicted octanol–water partition coefficient (Wildman–Crippen LogP) is 3.08. The van der Waals surface area contributed by atoms with Crippen molar-refractivity contribution < 1.29 is 4.42 Å². The summed E-state index contributed by atoms with van der Waals surface area (Å²) in [7, 11) is 1.89. The maximum Gasteiger partial charge on any atom is 0.208 e. The molecule has 0 spiro atoms. The van der Waals surface area contributed by atoms with E-state index in [-0.39, 0.29) is 0 Å². The Morgan fingerprint density at radius 2 is 1.74 bits per heavy atom. The van der Waals surface area contributed by atoms with E-state index in [1.807, 2.05) is 20.9 Å². The van der Waals surface area contributed by atoms with Gasteiger partial charge in [0.15, 0.2) is 5.96 Å². The lowest BCUT2D eigenvalue weighted by atomic mass is 9.97. The maximum atomic E-state index is 5.75. The van der Waals surface area contributed by atoms with Crippen molar-refractivity contribution in [2.45, 2.75) is 83.8 Å². The van der Waals surface area contributed by atoms with Gasteiger partial charge in [0.1, 0.15) is 5.76 Å². The van der Waals surface area contributed by atoms with Crippen molar-refractivity contribution >= 4 is 5.96 Å². The molecule has 2 N–H and O–H groups in total. The second-order valence-electron chi connectivity index (χ2n) is 9.81. The van der Waals surface area contributed by atoms with Crippen molar-refractivity contribution in [2.75, 3.05) is 39.8 Å². The number of guanidine groups is 1. The van der Waals surface area contributed by atoms with Crippen LogP contribution in [0.3, 0.4) is 0 Å². The summed E-state index contributed by atoms with van der Waals surface area (Å²) in [6.45, 7) is 10.5. The van der Waals surface area contributed by atoms with Crippen molar-refractivity contribution in [1.82, 2.24) is 25.4 Å². The SMILES string of the molecule is CN=C(NCC1CCN(Cc2nc(C)c(C)o2)CC1)NC1CCN(C2CCCC2)CC1. The molecule has 3 aliphatic rings. The molecule has 0 atom stereocenters. The summed E-state index contributed by atoms with van der Waals surface area (Å²) < 4.78 is 5.75. The van der Waals surface area contributed by atoms with E-state index in [2.05, 4.69) is 30.4 Å². The standard InChI is InChI=1S/C24H42N6O/c1-18-19(2)31-23(27-18)17-29-12-8-20(9-13-29)16-26-24(25-3)28-21-10-14-30(15-11-21)22-6-4-5-7-22/h20-22H,4-17H2,1-3H3,(H2,25,26,28). The van der Waals surface area contributed by atoms with Gasteiger partial charge in [-0.05, 0) is 71.4 Å². The molecular weight excluding hydrogens is 388 g/mol. The summed E-state index contributed by atoms with van der Waals surface area (Å²) in [4.78, 5) is 14.2. The van der Waals surface area contributed by atoms with Gasteiger partial charge in [-0.2, -0.15) is 0 Å². The van der Waals surface area contributed by atoms with Crippen LogP contribution in [-0.4, -0.2) is 72.6 Å². The van der Waals surface area contributed by atoms with Gasteiger partial charge in [-0.15, -0.1) is 0 Å². The first-order chi connectivity index (χ1) is 15.1. The molecule has 3 fully saturated rings. The average Bonchev–Trinajstić information content (AvgIpc) is 3.43. The zero-order valence-electron chi connectivity index (χ0n) is 19.8. The van der Waals surface area contributed by atoms with E-state index in [4.69, 9.17) is 4.42 Å². The van der Waals surface area contributed by atoms with Gasteiger partial charge in [-0.3, -0.25) is 9.89 Å². The Kier molecular flexibility index (Phi) is 7.88. The fraction of sp³-hybridized carbons (Fsp3) is 0.833. The summed E-state index contributed by atoms with van der Waals surface area (Å²) in [6, 6.07) is 1.42. The van der Waals surface area contributed by atoms with Crippen LogP contribution >= 0.6 is 0 Å². The zero-order valence-corrected chi connectivity index (χ0v) is 19.8. The van der Waals surface area contributed by atoms with Crippen LogP contribution in [0.4, 0.5) is 0 Å². The molecular formula is C24H42N6O. The highest BCUT2D eigenvalue weighted by molar-refractivity contribution is 5.79. The fourth-order valence-electron chi connectivity index (χ4n) is 5.45. The van der Waals surface area contributed by atoms with Crippen molar-refractivity contribution in [1.29, 1.82) is 0 Å². The Balaban J connectivity index is 1.13. The van der Waals surface area contributed by atoms with Crippen LogP contribution in [0.1, 0.15) is 68.7 Å². The molecule has 1 aliphatic carbocycles. The Labute approximate surface area is 188 Å². The minimum Gasteiger partial charge on any atom is -0.444 e. The van der Waals surface area contributed by atoms with E-state index in [9.17, 15) is 0 Å². The zero-order chi connectivity index (χ0) is 21.6. The molecule has 2 aliphatic heterocycles. The summed E-state index contributed by atoms with van der Waals surface area (Å²) in [6.07, 6.45) is 10.6. The monoisotopic (exact) mass is 430 g/mol. The van der Waals surface area contributed by atoms with Crippen LogP contribution in [0.15, 0.2) is 9.41 Å². The number of rotatable bonds is 6. The molecule has 1 aromatic rings. The number of nitrogens with zero attached hydrogens (tertiary/aromatic N) is 4. The highest BCUT2D eigenvalue weighted by Gasteiger charge is 2.27. The van der Waals surface area contributed by atoms with Gasteiger partial charge in [0.05, 0.1) is 12.2 Å². The summed E-state index contributed by atoms with van der Waals surface area (Å²) >= 11 is 0. The number of nitrogens with one attached hydrogen (secondary N) is 2. The number of hydrogen-bond donors (Lipinski definition) is 2. The lowest BCUT2D eigenvalue weighted by Crippen LogP contribution is -2.51. The second-order valence-corrected chi connectivity index (χ2v) is 9.81. The number of oxazole rings is 1. The molecule has 0 amide bonds. The number of likely N-dealkylation sites (tertiary alicyclic amines) is 2. The van der Waals surface area contributed by atoms with E-state index >= 15 is 0 Å². The molecule has 174 valence electrons. The van der Waals surface area contributed by atoms with Crippen LogP contribution in [0.2, 0.25) is 0 Å². The molecule has 31 heavy (non-hydrogen) atoms. The Bertz CT molecular complexity index is 690. The van der Waals surface area contributed by atoms with Gasteiger partial charge >= 0.3 is 0 Å². The lowest BCUT2D eigenvalue weighted by molar-refractivity contribution is 0.149. The van der Waals surface area contributed by atoms with Crippen molar-refractivity contribution in [3.05, 3.63) is 17.3 Å². The van der Waals surface area contributed by atoms with Crippen LogP contribution < -0.4 is 10.6 Å². The Morgan fingerprint density at radius 3 is 2.35 bits per heavy atom. The summed E-state index contributed by atoms with van der Waals surface area (Å²) in [5, 5.41) is 7.29. The third-order valence-corrected chi connectivity index (χ3v) is 7.63. The van der Waals surface area contributed by atoms with Crippen molar-refractivity contribution in [2.24, 2.45) is 10.9 Å². The lowest BCUT2D eigenvalue weighted by Gasteiger charge is -2.37. The van der Waals surface area contributed by atoms with E-state index in [1.165, 1.54) is 64.5 Å². The first-order valence-corrected chi connectivity index (χ1v) is 12.5. The van der Waals surface area contributed by atoms with Crippen LogP contribution in [-0.2, 0) is 6.54 Å². The highest BCUT2D eigenvalue weighted by Crippen LogP contribution is 2.26. The molecule has 7 nitrogen and oxygen atoms in total. The first-order valence-electron chi connectivity index (χ1n) is 12.5. The summed E-state index contributed by atoms with van der Waals surface area (Å²) in [5.74, 6) is 3.48. The second kappa shape index (κ2) is 10.8. The van der Waals surface area contributed by atoms with Gasteiger partial charge in [0.25, 0.3) is 0 Å². The topological polar surface area (TPSA) is 68.9 Å². The molecule has 4 rings (SSSR count). The van der Waals surface area contributed by atoms with Gasteiger partial charge in [0.2, 0.25) is 5.89 Å². The Morgan fingerprint density at radius 1 is 1.03 bits per heavy atom. The molecule has 0 aromatic carbocycles. The third-order valence-electron chi connectivity index (χ3n) is 7.63. The molecule has 7 heteroatoms. The third kappa shape index (κ3) is 6.22. The molecule has 0 unspecified atom stereocenters. The molecule has 1 aromatic heterocycles. The van der Waals surface area contributed by atoms with E-state index in [0.29, 0.717) is 12.0 Å². The molecule has 0 radical (unpaired) electrons. The normalized spacial score (nSPS) is 23.5. The average molecular weight is 431 g/mol. The van der Waals surface area contributed by atoms with Gasteiger partial charge in [-0.25, -0.2) is 4.98 Å². The fourth-order valence-corrected chi connectivity index (χ4v) is 5.45. The van der Waals surface area contributed by atoms with Crippen LogP contribution in [0, 0.1) is 19.8 Å². The minimum absolute atomic E-state index is 0.554. The smallest absolute Gasteiger partial charge is 0.208 e. The first kappa shape index (κ1) is 22.6. The van der Waals surface area contributed by atoms with Crippen molar-refractivity contribution in [3.63, 3.8) is 0 Å². The van der Waals surface area contributed by atoms with E-state index in [1.54, 1.807) is 0 Å². The van der Waals surface area contributed by atoms with Crippen LogP contribution in [0.25, 0.3) is 0 Å².